The molecule has 0 aliphatic rings. The Labute approximate surface area is 156 Å². The molecule has 0 radical (unpaired) electrons. The number of pyridine rings is 4. The number of allylic oxidation sites excluding steroid dienone is 4. The number of fused-ring (bicyclic) bond motifs is 2. The van der Waals surface area contributed by atoms with E-state index in [0.29, 0.717) is 11.5 Å². The van der Waals surface area contributed by atoms with Gasteiger partial charge in [0.2, 0.25) is 0 Å². The molecule has 0 aromatic carbocycles. The highest BCUT2D eigenvalue weighted by atomic mass is 14.9. The second-order valence-corrected chi connectivity index (χ2v) is 5.94. The average molecular weight is 351 g/mol. The first-order chi connectivity index (χ1) is 13.2. The van der Waals surface area contributed by atoms with Gasteiger partial charge in [-0.05, 0) is 35.9 Å². The molecule has 4 rings (SSSR count). The van der Waals surface area contributed by atoms with Gasteiger partial charge >= 0.3 is 0 Å². The van der Waals surface area contributed by atoms with Crippen molar-refractivity contribution in [1.82, 2.24) is 19.9 Å². The van der Waals surface area contributed by atoms with Gasteiger partial charge in [-0.15, -0.1) is 0 Å². The lowest BCUT2D eigenvalue weighted by atomic mass is 9.99. The molecule has 0 bridgehead atoms. The summed E-state index contributed by atoms with van der Waals surface area (Å²) in [6, 6.07) is 9.67. The molecular weight excluding hydrogens is 334 g/mol. The number of rotatable bonds is 4. The van der Waals surface area contributed by atoms with Crippen LogP contribution < -0.4 is 5.73 Å². The minimum absolute atomic E-state index is 0.478. The second-order valence-electron chi connectivity index (χ2n) is 5.94. The smallest absolute Gasteiger partial charge is 0.160 e. The molecule has 0 spiro atoms. The fourth-order valence-electron chi connectivity index (χ4n) is 3.13. The predicted molar refractivity (Wildman–Crippen MR) is 111 cm³/mol. The van der Waals surface area contributed by atoms with Crippen molar-refractivity contribution in [3.05, 3.63) is 86.0 Å². The molecule has 0 unspecified atom stereocenters. The van der Waals surface area contributed by atoms with Crippen LogP contribution in [0.1, 0.15) is 5.69 Å². The maximum atomic E-state index is 6.06. The Balaban J connectivity index is 2.10. The largest absolute Gasteiger partial charge is 0.383 e. The van der Waals surface area contributed by atoms with Crippen LogP contribution in [0.5, 0.6) is 0 Å². The van der Waals surface area contributed by atoms with Gasteiger partial charge in [0.1, 0.15) is 5.82 Å². The Hall–Kier alpha value is -3.86. The fourth-order valence-corrected chi connectivity index (χ4v) is 3.13. The summed E-state index contributed by atoms with van der Waals surface area (Å²) >= 11 is 0. The van der Waals surface area contributed by atoms with Gasteiger partial charge in [-0.2, -0.15) is 0 Å². The number of hydrogen-bond acceptors (Lipinski definition) is 5. The molecular formula is C22H17N5. The molecule has 27 heavy (non-hydrogen) atoms. The molecule has 0 amide bonds. The van der Waals surface area contributed by atoms with Gasteiger partial charge in [0.05, 0.1) is 11.4 Å². The van der Waals surface area contributed by atoms with Gasteiger partial charge in [0, 0.05) is 40.3 Å². The number of hydrogen-bond donors (Lipinski definition) is 1. The first-order valence-electron chi connectivity index (χ1n) is 8.44. The van der Waals surface area contributed by atoms with Crippen molar-refractivity contribution in [3.8, 4) is 11.3 Å². The molecule has 0 aliphatic carbocycles. The van der Waals surface area contributed by atoms with E-state index in [2.05, 4.69) is 33.1 Å². The predicted octanol–water partition coefficient (Wildman–Crippen LogP) is 4.58. The molecule has 0 atom stereocenters. The summed E-state index contributed by atoms with van der Waals surface area (Å²) in [4.78, 5) is 17.9. The first-order valence-corrected chi connectivity index (χ1v) is 8.44. The number of anilines is 1. The van der Waals surface area contributed by atoms with Crippen LogP contribution in [-0.4, -0.2) is 19.9 Å². The molecule has 0 saturated carbocycles. The van der Waals surface area contributed by atoms with Crippen LogP contribution >= 0.6 is 0 Å². The van der Waals surface area contributed by atoms with Gasteiger partial charge in [0.15, 0.2) is 5.65 Å². The highest BCUT2D eigenvalue weighted by Gasteiger charge is 2.14. The molecule has 4 aromatic heterocycles. The van der Waals surface area contributed by atoms with Crippen molar-refractivity contribution in [2.45, 2.75) is 0 Å². The SMILES string of the molecule is C=C/C=C(\C=C)c1cc(-c2nccc3c(N)nccc23)c2cccnc2n1. The van der Waals surface area contributed by atoms with Crippen LogP contribution in [0.15, 0.2) is 80.3 Å². The van der Waals surface area contributed by atoms with Gasteiger partial charge in [-0.3, -0.25) is 4.98 Å². The molecule has 0 aliphatic heterocycles. The van der Waals surface area contributed by atoms with Crippen LogP contribution in [-0.2, 0) is 0 Å². The van der Waals surface area contributed by atoms with E-state index in [1.807, 2.05) is 36.4 Å². The molecule has 5 nitrogen and oxygen atoms in total. The zero-order valence-electron chi connectivity index (χ0n) is 14.6. The highest BCUT2D eigenvalue weighted by molar-refractivity contribution is 6.05. The maximum absolute atomic E-state index is 6.06. The fraction of sp³-hybridized carbons (Fsp3) is 0. The van der Waals surface area contributed by atoms with E-state index in [9.17, 15) is 0 Å². The lowest BCUT2D eigenvalue weighted by Gasteiger charge is -2.12. The Morgan fingerprint density at radius 1 is 0.926 bits per heavy atom. The Morgan fingerprint density at radius 3 is 2.56 bits per heavy atom. The summed E-state index contributed by atoms with van der Waals surface area (Å²) in [5.74, 6) is 0.478. The summed E-state index contributed by atoms with van der Waals surface area (Å²) in [7, 11) is 0. The third-order valence-electron chi connectivity index (χ3n) is 4.37. The highest BCUT2D eigenvalue weighted by Crippen LogP contribution is 2.34. The van der Waals surface area contributed by atoms with Crippen LogP contribution in [0, 0.1) is 0 Å². The van der Waals surface area contributed by atoms with Gasteiger partial charge < -0.3 is 5.73 Å². The molecule has 2 N–H and O–H groups in total. The van der Waals surface area contributed by atoms with Crippen molar-refractivity contribution in [3.63, 3.8) is 0 Å². The van der Waals surface area contributed by atoms with Crippen LogP contribution in [0.4, 0.5) is 5.82 Å². The summed E-state index contributed by atoms with van der Waals surface area (Å²) < 4.78 is 0. The van der Waals surface area contributed by atoms with Crippen LogP contribution in [0.2, 0.25) is 0 Å². The number of nitrogens with two attached hydrogens (primary N) is 1. The summed E-state index contributed by atoms with van der Waals surface area (Å²) in [5.41, 5.74) is 10.1. The van der Waals surface area contributed by atoms with Crippen LogP contribution in [0.3, 0.4) is 0 Å². The minimum atomic E-state index is 0.478. The van der Waals surface area contributed by atoms with E-state index in [0.717, 1.165) is 38.7 Å². The summed E-state index contributed by atoms with van der Waals surface area (Å²) in [5, 5.41) is 2.71. The van der Waals surface area contributed by atoms with Gasteiger partial charge in [-0.25, -0.2) is 15.0 Å². The van der Waals surface area contributed by atoms with E-state index in [1.165, 1.54) is 0 Å². The summed E-state index contributed by atoms with van der Waals surface area (Å²) in [6.07, 6.45) is 10.5. The maximum Gasteiger partial charge on any atom is 0.160 e. The number of aromatic nitrogens is 4. The van der Waals surface area contributed by atoms with E-state index >= 15 is 0 Å². The molecule has 0 saturated heterocycles. The zero-order chi connectivity index (χ0) is 18.8. The molecule has 0 fully saturated rings. The third-order valence-corrected chi connectivity index (χ3v) is 4.37. The quantitative estimate of drug-likeness (QED) is 0.545. The van der Waals surface area contributed by atoms with Crippen molar-refractivity contribution in [2.75, 3.05) is 5.73 Å². The Bertz CT molecular complexity index is 1220. The molecule has 4 aromatic rings. The molecule has 4 heterocycles. The topological polar surface area (TPSA) is 77.6 Å². The number of nitrogens with zero attached hydrogens (tertiary/aromatic N) is 4. The lowest BCUT2D eigenvalue weighted by Crippen LogP contribution is -1.97. The van der Waals surface area contributed by atoms with Crippen molar-refractivity contribution in [2.24, 2.45) is 0 Å². The van der Waals surface area contributed by atoms with E-state index in [-0.39, 0.29) is 0 Å². The van der Waals surface area contributed by atoms with E-state index < -0.39 is 0 Å². The monoisotopic (exact) mass is 351 g/mol. The molecule has 130 valence electrons. The number of nitrogen functional groups attached to an aromatic ring is 1. The summed E-state index contributed by atoms with van der Waals surface area (Å²) in [6.45, 7) is 7.65. The Morgan fingerprint density at radius 2 is 1.74 bits per heavy atom. The van der Waals surface area contributed by atoms with Gasteiger partial charge in [-0.1, -0.05) is 31.4 Å². The van der Waals surface area contributed by atoms with E-state index in [1.54, 1.807) is 30.7 Å². The zero-order valence-corrected chi connectivity index (χ0v) is 14.6. The van der Waals surface area contributed by atoms with Crippen molar-refractivity contribution >= 4 is 33.2 Å². The van der Waals surface area contributed by atoms with Crippen molar-refractivity contribution < 1.29 is 0 Å². The molecule has 5 heteroatoms. The van der Waals surface area contributed by atoms with Crippen molar-refractivity contribution in [1.29, 1.82) is 0 Å². The lowest BCUT2D eigenvalue weighted by molar-refractivity contribution is 1.25. The normalized spacial score (nSPS) is 11.6. The second kappa shape index (κ2) is 6.80. The Kier molecular flexibility index (Phi) is 4.18. The van der Waals surface area contributed by atoms with E-state index in [4.69, 9.17) is 5.73 Å². The minimum Gasteiger partial charge on any atom is -0.383 e. The first kappa shape index (κ1) is 16.6. The van der Waals surface area contributed by atoms with Crippen LogP contribution in [0.25, 0.3) is 38.6 Å². The third kappa shape index (κ3) is 2.85. The average Bonchev–Trinajstić information content (AvgIpc) is 2.71. The van der Waals surface area contributed by atoms with Gasteiger partial charge in [0.25, 0.3) is 0 Å². The standard InChI is InChI=1S/C22H17N5/c1-3-6-14(4-2)19-13-18(17-7-5-10-26-22(17)27-19)20-15-8-12-25-21(23)16(15)9-11-24-20/h3-13H,1-2H2,(H2,23,25)/b14-6+.